The van der Waals surface area contributed by atoms with E-state index in [1.54, 1.807) is 35.6 Å². The van der Waals surface area contributed by atoms with E-state index in [0.29, 0.717) is 34.3 Å². The Hall–Kier alpha value is -2.51. The van der Waals surface area contributed by atoms with E-state index < -0.39 is 0 Å². The summed E-state index contributed by atoms with van der Waals surface area (Å²) >= 11 is 2.95. The van der Waals surface area contributed by atoms with Gasteiger partial charge in [0.25, 0.3) is 11.8 Å². The van der Waals surface area contributed by atoms with Gasteiger partial charge in [-0.3, -0.25) is 9.59 Å². The summed E-state index contributed by atoms with van der Waals surface area (Å²) in [6, 6.07) is 9.01. The predicted molar refractivity (Wildman–Crippen MR) is 112 cm³/mol. The Kier molecular flexibility index (Phi) is 6.03. The first-order valence-electron chi connectivity index (χ1n) is 8.64. The zero-order valence-electron chi connectivity index (χ0n) is 15.4. The van der Waals surface area contributed by atoms with E-state index in [-0.39, 0.29) is 11.8 Å². The lowest BCUT2D eigenvalue weighted by atomic mass is 10.1. The lowest BCUT2D eigenvalue weighted by molar-refractivity contribution is 0.0950. The van der Waals surface area contributed by atoms with Crippen LogP contribution in [0.2, 0.25) is 0 Å². The lowest BCUT2D eigenvalue weighted by Gasteiger charge is -2.12. The first kappa shape index (κ1) is 19.3. The number of nitrogens with zero attached hydrogens (tertiary/aromatic N) is 1. The van der Waals surface area contributed by atoms with Gasteiger partial charge < -0.3 is 10.6 Å². The molecule has 0 unspecified atom stereocenters. The Labute approximate surface area is 166 Å². The first-order chi connectivity index (χ1) is 13.0. The van der Waals surface area contributed by atoms with Gasteiger partial charge in [-0.25, -0.2) is 4.98 Å². The second-order valence-electron chi connectivity index (χ2n) is 6.55. The van der Waals surface area contributed by atoms with Crippen molar-refractivity contribution in [1.29, 1.82) is 0 Å². The molecule has 2 amide bonds. The lowest BCUT2D eigenvalue weighted by Crippen LogP contribution is -2.28. The number of carbonyl (C=O) groups excluding carboxylic acids is 2. The molecule has 0 spiro atoms. The summed E-state index contributed by atoms with van der Waals surface area (Å²) in [4.78, 5) is 30.3. The zero-order chi connectivity index (χ0) is 19.4. The Morgan fingerprint density at radius 2 is 1.93 bits per heavy atom. The van der Waals surface area contributed by atoms with E-state index in [0.717, 1.165) is 10.6 Å². The predicted octanol–water partition coefficient (Wildman–Crippen LogP) is 4.82. The molecule has 2 aromatic heterocycles. The smallest absolute Gasteiger partial charge is 0.267 e. The van der Waals surface area contributed by atoms with Crippen molar-refractivity contribution < 1.29 is 9.59 Å². The number of aromatic nitrogens is 1. The molecule has 0 aliphatic rings. The number of nitrogens with one attached hydrogen (secondary N) is 2. The van der Waals surface area contributed by atoms with Crippen LogP contribution in [0.15, 0.2) is 41.1 Å². The maximum Gasteiger partial charge on any atom is 0.267 e. The minimum absolute atomic E-state index is 0.195. The quantitative estimate of drug-likeness (QED) is 0.624. The van der Waals surface area contributed by atoms with Crippen molar-refractivity contribution in [2.24, 2.45) is 5.92 Å². The normalized spacial score (nSPS) is 10.8. The van der Waals surface area contributed by atoms with Crippen LogP contribution in [0.3, 0.4) is 0 Å². The highest BCUT2D eigenvalue weighted by Crippen LogP contribution is 2.30. The SMILES string of the molecule is Cc1nc(-c2ccsc2)sc1C(=O)Nc1ccccc1C(=O)NCC(C)C. The minimum Gasteiger partial charge on any atom is -0.352 e. The molecule has 0 aliphatic carbocycles. The van der Waals surface area contributed by atoms with Crippen LogP contribution in [0.4, 0.5) is 5.69 Å². The highest BCUT2D eigenvalue weighted by Gasteiger charge is 2.19. The Morgan fingerprint density at radius 3 is 2.63 bits per heavy atom. The van der Waals surface area contributed by atoms with Crippen molar-refractivity contribution in [2.45, 2.75) is 20.8 Å². The molecule has 2 N–H and O–H groups in total. The minimum atomic E-state index is -0.254. The number of para-hydroxylation sites is 1. The van der Waals surface area contributed by atoms with E-state index in [2.05, 4.69) is 15.6 Å². The van der Waals surface area contributed by atoms with Crippen LogP contribution < -0.4 is 10.6 Å². The van der Waals surface area contributed by atoms with Gasteiger partial charge in [-0.1, -0.05) is 26.0 Å². The standard InChI is InChI=1S/C20H21N3O2S2/c1-12(2)10-21-18(24)15-6-4-5-7-16(15)23-19(25)17-13(3)22-20(27-17)14-8-9-26-11-14/h4-9,11-12H,10H2,1-3H3,(H,21,24)(H,23,25). The molecule has 7 heteroatoms. The summed E-state index contributed by atoms with van der Waals surface area (Å²) < 4.78 is 0. The zero-order valence-corrected chi connectivity index (χ0v) is 17.0. The third-order valence-electron chi connectivity index (χ3n) is 3.86. The molecular formula is C20H21N3O2S2. The number of carbonyl (C=O) groups is 2. The van der Waals surface area contributed by atoms with Gasteiger partial charge in [-0.05, 0) is 36.4 Å². The number of aryl methyl sites for hydroxylation is 1. The van der Waals surface area contributed by atoms with Crippen molar-refractivity contribution in [1.82, 2.24) is 10.3 Å². The van der Waals surface area contributed by atoms with Gasteiger partial charge in [0.2, 0.25) is 0 Å². The summed E-state index contributed by atoms with van der Waals surface area (Å²) in [5, 5.41) is 10.6. The van der Waals surface area contributed by atoms with Crippen LogP contribution in [0.25, 0.3) is 10.6 Å². The highest BCUT2D eigenvalue weighted by atomic mass is 32.1. The Morgan fingerprint density at radius 1 is 1.15 bits per heavy atom. The molecule has 0 fully saturated rings. The van der Waals surface area contributed by atoms with Gasteiger partial charge in [0.1, 0.15) is 9.88 Å². The molecule has 3 rings (SSSR count). The highest BCUT2D eigenvalue weighted by molar-refractivity contribution is 7.17. The summed E-state index contributed by atoms with van der Waals surface area (Å²) in [5.74, 6) is -0.0961. The van der Waals surface area contributed by atoms with E-state index in [4.69, 9.17) is 0 Å². The van der Waals surface area contributed by atoms with Gasteiger partial charge in [0.15, 0.2) is 0 Å². The average molecular weight is 400 g/mol. The monoisotopic (exact) mass is 399 g/mol. The maximum atomic E-state index is 12.8. The van der Waals surface area contributed by atoms with Crippen LogP contribution in [0.5, 0.6) is 0 Å². The first-order valence-corrected chi connectivity index (χ1v) is 10.4. The third-order valence-corrected chi connectivity index (χ3v) is 5.75. The summed E-state index contributed by atoms with van der Waals surface area (Å²) in [6.07, 6.45) is 0. The van der Waals surface area contributed by atoms with Crippen LogP contribution in [0.1, 0.15) is 39.6 Å². The van der Waals surface area contributed by atoms with Gasteiger partial charge in [-0.2, -0.15) is 11.3 Å². The van der Waals surface area contributed by atoms with Crippen LogP contribution in [0, 0.1) is 12.8 Å². The number of hydrogen-bond donors (Lipinski definition) is 2. The number of benzene rings is 1. The van der Waals surface area contributed by atoms with E-state index in [9.17, 15) is 9.59 Å². The molecule has 0 bridgehead atoms. The number of rotatable bonds is 6. The van der Waals surface area contributed by atoms with E-state index in [1.165, 1.54) is 11.3 Å². The molecule has 1 aromatic carbocycles. The largest absolute Gasteiger partial charge is 0.352 e. The van der Waals surface area contributed by atoms with Crippen molar-refractivity contribution >= 4 is 40.2 Å². The van der Waals surface area contributed by atoms with Crippen LogP contribution in [-0.2, 0) is 0 Å². The molecule has 27 heavy (non-hydrogen) atoms. The fourth-order valence-corrected chi connectivity index (χ4v) is 4.15. The summed E-state index contributed by atoms with van der Waals surface area (Å²) in [5.41, 5.74) is 2.64. The molecule has 140 valence electrons. The van der Waals surface area contributed by atoms with Crippen molar-refractivity contribution in [3.63, 3.8) is 0 Å². The molecule has 5 nitrogen and oxygen atoms in total. The molecule has 0 aliphatic heterocycles. The van der Waals surface area contributed by atoms with E-state index >= 15 is 0 Å². The van der Waals surface area contributed by atoms with Crippen molar-refractivity contribution in [2.75, 3.05) is 11.9 Å². The molecule has 0 saturated carbocycles. The number of amides is 2. The fourth-order valence-electron chi connectivity index (χ4n) is 2.48. The molecule has 0 saturated heterocycles. The second-order valence-corrected chi connectivity index (χ2v) is 8.33. The van der Waals surface area contributed by atoms with Gasteiger partial charge in [0.05, 0.1) is 16.9 Å². The number of thiazole rings is 1. The molecule has 0 radical (unpaired) electrons. The van der Waals surface area contributed by atoms with Crippen LogP contribution >= 0.6 is 22.7 Å². The molecule has 2 heterocycles. The summed E-state index contributed by atoms with van der Waals surface area (Å²) in [6.45, 7) is 6.47. The van der Waals surface area contributed by atoms with Crippen LogP contribution in [-0.4, -0.2) is 23.3 Å². The maximum absolute atomic E-state index is 12.8. The Bertz CT molecular complexity index is 946. The fraction of sp³-hybridized carbons (Fsp3) is 0.250. The molecule has 3 aromatic rings. The van der Waals surface area contributed by atoms with Gasteiger partial charge >= 0.3 is 0 Å². The average Bonchev–Trinajstić information content (AvgIpc) is 3.29. The van der Waals surface area contributed by atoms with Crippen molar-refractivity contribution in [3.05, 3.63) is 57.2 Å². The topological polar surface area (TPSA) is 71.1 Å². The van der Waals surface area contributed by atoms with Crippen molar-refractivity contribution in [3.8, 4) is 10.6 Å². The summed E-state index contributed by atoms with van der Waals surface area (Å²) in [7, 11) is 0. The number of thiophene rings is 1. The van der Waals surface area contributed by atoms with Gasteiger partial charge in [-0.15, -0.1) is 11.3 Å². The van der Waals surface area contributed by atoms with Gasteiger partial charge in [0, 0.05) is 17.5 Å². The second kappa shape index (κ2) is 8.45. The molecular weight excluding hydrogens is 378 g/mol. The number of anilines is 1. The van der Waals surface area contributed by atoms with E-state index in [1.807, 2.05) is 37.6 Å². The third kappa shape index (κ3) is 4.61. The Balaban J connectivity index is 1.80. The number of hydrogen-bond acceptors (Lipinski definition) is 5. The molecule has 0 atom stereocenters.